The Morgan fingerprint density at radius 3 is 2.88 bits per heavy atom. The number of carbonyl (C=O) groups is 1. The highest BCUT2D eigenvalue weighted by Gasteiger charge is 2.37. The van der Waals surface area contributed by atoms with Gasteiger partial charge in [-0.25, -0.2) is 9.37 Å². The number of halogens is 1. The molecule has 1 amide bonds. The van der Waals surface area contributed by atoms with Crippen LogP contribution in [-0.2, 0) is 4.79 Å². The SMILES string of the molecule is COc1ccc2sc(N3CCC(F)(CNC(=O)C4CC4)CC3)nc2c1. The van der Waals surface area contributed by atoms with Crippen molar-refractivity contribution in [3.05, 3.63) is 18.2 Å². The first kappa shape index (κ1) is 16.6. The van der Waals surface area contributed by atoms with E-state index in [0.717, 1.165) is 33.9 Å². The lowest BCUT2D eigenvalue weighted by Gasteiger charge is -2.36. The fraction of sp³-hybridized carbons (Fsp3) is 0.556. The predicted molar refractivity (Wildman–Crippen MR) is 97.2 cm³/mol. The van der Waals surface area contributed by atoms with Gasteiger partial charge in [-0.2, -0.15) is 0 Å². The van der Waals surface area contributed by atoms with Crippen molar-refractivity contribution in [1.29, 1.82) is 0 Å². The van der Waals surface area contributed by atoms with E-state index < -0.39 is 5.67 Å². The molecule has 1 N–H and O–H groups in total. The van der Waals surface area contributed by atoms with Crippen LogP contribution in [0.5, 0.6) is 5.75 Å². The number of hydrogen-bond donors (Lipinski definition) is 1. The molecule has 1 aromatic carbocycles. The molecule has 1 aliphatic heterocycles. The lowest BCUT2D eigenvalue weighted by molar-refractivity contribution is -0.123. The highest BCUT2D eigenvalue weighted by Crippen LogP contribution is 2.35. The monoisotopic (exact) mass is 363 g/mol. The van der Waals surface area contributed by atoms with Gasteiger partial charge in [-0.05, 0) is 25.0 Å². The molecule has 1 saturated heterocycles. The summed E-state index contributed by atoms with van der Waals surface area (Å²) in [7, 11) is 1.64. The number of nitrogens with zero attached hydrogens (tertiary/aromatic N) is 2. The third-order valence-corrected chi connectivity index (χ3v) is 6.14. The number of fused-ring (bicyclic) bond motifs is 1. The first-order valence-electron chi connectivity index (χ1n) is 8.72. The van der Waals surface area contributed by atoms with Crippen molar-refractivity contribution in [3.8, 4) is 5.75 Å². The van der Waals surface area contributed by atoms with Gasteiger partial charge in [-0.1, -0.05) is 11.3 Å². The highest BCUT2D eigenvalue weighted by atomic mass is 32.1. The zero-order chi connectivity index (χ0) is 17.4. The van der Waals surface area contributed by atoms with Gasteiger partial charge in [0.15, 0.2) is 5.13 Å². The number of benzene rings is 1. The topological polar surface area (TPSA) is 54.5 Å². The van der Waals surface area contributed by atoms with E-state index in [4.69, 9.17) is 4.74 Å². The van der Waals surface area contributed by atoms with Crippen molar-refractivity contribution in [1.82, 2.24) is 10.3 Å². The number of methoxy groups -OCH3 is 1. The standard InChI is InChI=1S/C18H22FN3O2S/c1-24-13-4-5-15-14(10-13)21-17(25-15)22-8-6-18(19,7-9-22)11-20-16(23)12-2-3-12/h4-5,10,12H,2-3,6-9,11H2,1H3,(H,20,23). The molecule has 1 aliphatic carbocycles. The quantitative estimate of drug-likeness (QED) is 0.887. The second-order valence-electron chi connectivity index (χ2n) is 6.96. The summed E-state index contributed by atoms with van der Waals surface area (Å²) in [5, 5.41) is 3.71. The van der Waals surface area contributed by atoms with E-state index >= 15 is 0 Å². The van der Waals surface area contributed by atoms with Crippen molar-refractivity contribution < 1.29 is 13.9 Å². The summed E-state index contributed by atoms with van der Waals surface area (Å²) in [6.45, 7) is 1.37. The van der Waals surface area contributed by atoms with Crippen LogP contribution < -0.4 is 15.0 Å². The molecule has 2 heterocycles. The Hall–Kier alpha value is -1.89. The van der Waals surface area contributed by atoms with E-state index in [1.165, 1.54) is 0 Å². The zero-order valence-corrected chi connectivity index (χ0v) is 15.1. The van der Waals surface area contributed by atoms with E-state index in [1.807, 2.05) is 18.2 Å². The van der Waals surface area contributed by atoms with Crippen LogP contribution in [0.2, 0.25) is 0 Å². The number of aromatic nitrogens is 1. The summed E-state index contributed by atoms with van der Waals surface area (Å²) in [4.78, 5) is 18.5. The first-order valence-corrected chi connectivity index (χ1v) is 9.54. The smallest absolute Gasteiger partial charge is 0.223 e. The van der Waals surface area contributed by atoms with Crippen LogP contribution in [0.4, 0.5) is 9.52 Å². The molecular weight excluding hydrogens is 341 g/mol. The minimum Gasteiger partial charge on any atom is -0.497 e. The number of nitrogens with one attached hydrogen (secondary N) is 1. The summed E-state index contributed by atoms with van der Waals surface area (Å²) in [6, 6.07) is 5.86. The van der Waals surface area contributed by atoms with E-state index in [1.54, 1.807) is 18.4 Å². The zero-order valence-electron chi connectivity index (χ0n) is 14.3. The molecule has 0 radical (unpaired) electrons. The van der Waals surface area contributed by atoms with Crippen LogP contribution in [0.3, 0.4) is 0 Å². The van der Waals surface area contributed by atoms with Crippen molar-refractivity contribution >= 4 is 32.6 Å². The summed E-state index contributed by atoms with van der Waals surface area (Å²) < 4.78 is 21.3. The Labute approximate surface area is 150 Å². The number of rotatable bonds is 5. The minimum atomic E-state index is -1.30. The maximum atomic E-state index is 14.9. The van der Waals surface area contributed by atoms with Crippen LogP contribution in [0.25, 0.3) is 10.2 Å². The molecule has 1 saturated carbocycles. The highest BCUT2D eigenvalue weighted by molar-refractivity contribution is 7.22. The minimum absolute atomic E-state index is 0.0135. The van der Waals surface area contributed by atoms with Crippen molar-refractivity contribution in [2.45, 2.75) is 31.4 Å². The average molecular weight is 363 g/mol. The molecule has 4 rings (SSSR count). The molecule has 25 heavy (non-hydrogen) atoms. The van der Waals surface area contributed by atoms with E-state index in [2.05, 4.69) is 15.2 Å². The molecule has 0 bridgehead atoms. The summed E-state index contributed by atoms with van der Waals surface area (Å²) in [6.07, 6.45) is 2.72. The molecule has 2 fully saturated rings. The average Bonchev–Trinajstić information content (AvgIpc) is 3.39. The Morgan fingerprint density at radius 2 is 2.20 bits per heavy atom. The maximum absolute atomic E-state index is 14.9. The van der Waals surface area contributed by atoms with Gasteiger partial charge in [0.05, 0.1) is 23.9 Å². The van der Waals surface area contributed by atoms with Crippen LogP contribution >= 0.6 is 11.3 Å². The van der Waals surface area contributed by atoms with Crippen LogP contribution in [0.1, 0.15) is 25.7 Å². The summed E-state index contributed by atoms with van der Waals surface area (Å²) >= 11 is 1.62. The molecule has 2 aliphatic rings. The Kier molecular flexibility index (Phi) is 4.27. The van der Waals surface area contributed by atoms with Crippen molar-refractivity contribution in [2.24, 2.45) is 5.92 Å². The number of anilines is 1. The number of alkyl halides is 1. The maximum Gasteiger partial charge on any atom is 0.223 e. The molecule has 1 aromatic heterocycles. The molecule has 2 aromatic rings. The second-order valence-corrected chi connectivity index (χ2v) is 7.97. The Morgan fingerprint density at radius 1 is 1.44 bits per heavy atom. The van der Waals surface area contributed by atoms with Gasteiger partial charge in [0, 0.05) is 37.9 Å². The fourth-order valence-electron chi connectivity index (χ4n) is 3.17. The van der Waals surface area contributed by atoms with E-state index in [-0.39, 0.29) is 18.4 Å². The number of hydrogen-bond acceptors (Lipinski definition) is 5. The van der Waals surface area contributed by atoms with Gasteiger partial charge in [0.2, 0.25) is 5.91 Å². The third kappa shape index (κ3) is 3.56. The van der Waals surface area contributed by atoms with E-state index in [9.17, 15) is 9.18 Å². The van der Waals surface area contributed by atoms with Crippen molar-refractivity contribution in [2.75, 3.05) is 31.6 Å². The van der Waals surface area contributed by atoms with Gasteiger partial charge in [-0.15, -0.1) is 0 Å². The van der Waals surface area contributed by atoms with Gasteiger partial charge in [0.1, 0.15) is 11.4 Å². The van der Waals surface area contributed by atoms with Crippen LogP contribution in [0, 0.1) is 5.92 Å². The molecule has 7 heteroatoms. The third-order valence-electron chi connectivity index (χ3n) is 5.04. The number of ether oxygens (including phenoxy) is 1. The number of amides is 1. The van der Waals surface area contributed by atoms with E-state index in [0.29, 0.717) is 25.9 Å². The molecule has 0 spiro atoms. The lowest BCUT2D eigenvalue weighted by atomic mass is 9.93. The van der Waals surface area contributed by atoms with Gasteiger partial charge in [0.25, 0.3) is 0 Å². The van der Waals surface area contributed by atoms with Gasteiger partial charge >= 0.3 is 0 Å². The normalized spacial score (nSPS) is 19.8. The molecule has 134 valence electrons. The number of carbonyl (C=O) groups excluding carboxylic acids is 1. The molecule has 5 nitrogen and oxygen atoms in total. The molecule has 0 unspecified atom stereocenters. The lowest BCUT2D eigenvalue weighted by Crippen LogP contribution is -2.48. The molecular formula is C18H22FN3O2S. The largest absolute Gasteiger partial charge is 0.497 e. The summed E-state index contributed by atoms with van der Waals surface area (Å²) in [5.74, 6) is 0.931. The Balaban J connectivity index is 1.38. The van der Waals surface area contributed by atoms with Gasteiger partial charge < -0.3 is 15.0 Å². The predicted octanol–water partition coefficient (Wildman–Crippen LogP) is 3.14. The second kappa shape index (κ2) is 6.44. The summed E-state index contributed by atoms with van der Waals surface area (Å²) in [5.41, 5.74) is -0.394. The van der Waals surface area contributed by atoms with Crippen LogP contribution in [0.15, 0.2) is 18.2 Å². The Bertz CT molecular complexity index is 782. The van der Waals surface area contributed by atoms with Crippen LogP contribution in [-0.4, -0.2) is 43.3 Å². The van der Waals surface area contributed by atoms with Gasteiger partial charge in [-0.3, -0.25) is 4.79 Å². The van der Waals surface area contributed by atoms with Crippen molar-refractivity contribution in [3.63, 3.8) is 0 Å². The first-order chi connectivity index (χ1) is 12.1. The number of piperidine rings is 1. The fourth-order valence-corrected chi connectivity index (χ4v) is 4.17. The number of thiazole rings is 1. The molecule has 0 atom stereocenters.